The number of ether oxygens (including phenoxy) is 1. The van der Waals surface area contributed by atoms with Crippen molar-refractivity contribution in [1.82, 2.24) is 5.32 Å². The molecule has 0 radical (unpaired) electrons. The summed E-state index contributed by atoms with van der Waals surface area (Å²) in [6, 6.07) is 8.69. The Hall–Kier alpha value is -0.380. The highest BCUT2D eigenvalue weighted by Gasteiger charge is 2.27. The first-order chi connectivity index (χ1) is 7.49. The van der Waals surface area contributed by atoms with Crippen LogP contribution in [0.2, 0.25) is 0 Å². The number of hydrogen-bond donors (Lipinski definition) is 1. The van der Waals surface area contributed by atoms with E-state index in [0.29, 0.717) is 6.04 Å². The minimum Gasteiger partial charge on any atom is -0.377 e. The van der Waals surface area contributed by atoms with Crippen molar-refractivity contribution in [1.29, 1.82) is 0 Å². The molecular weight excluding hydrogens is 266 g/mol. The zero-order chi connectivity index (χ0) is 12.2. The van der Waals surface area contributed by atoms with Crippen LogP contribution in [0.4, 0.5) is 0 Å². The van der Waals surface area contributed by atoms with E-state index in [1.807, 2.05) is 13.1 Å². The maximum atomic E-state index is 5.52. The summed E-state index contributed by atoms with van der Waals surface area (Å²) in [5.74, 6) is 0. The predicted molar refractivity (Wildman–Crippen MR) is 71.8 cm³/mol. The van der Waals surface area contributed by atoms with Crippen LogP contribution in [0.25, 0.3) is 0 Å². The monoisotopic (exact) mass is 285 g/mol. The van der Waals surface area contributed by atoms with Crippen molar-refractivity contribution in [3.05, 3.63) is 34.3 Å². The van der Waals surface area contributed by atoms with Crippen LogP contribution in [0.5, 0.6) is 0 Å². The first kappa shape index (κ1) is 13.7. The Labute approximate surface area is 107 Å². The summed E-state index contributed by atoms with van der Waals surface area (Å²) in [7, 11) is 3.73. The van der Waals surface area contributed by atoms with Crippen molar-refractivity contribution in [3.8, 4) is 0 Å². The van der Waals surface area contributed by atoms with Gasteiger partial charge in [-0.15, -0.1) is 0 Å². The standard InChI is InChI=1S/C13H20BrNO/c1-13(2,16-4)12(15-3)9-10-6-5-7-11(14)8-10/h5-8,12,15H,9H2,1-4H3. The van der Waals surface area contributed by atoms with Crippen LogP contribution in [0.3, 0.4) is 0 Å². The summed E-state index contributed by atoms with van der Waals surface area (Å²) < 4.78 is 6.64. The van der Waals surface area contributed by atoms with E-state index >= 15 is 0 Å². The van der Waals surface area contributed by atoms with Gasteiger partial charge in [-0.1, -0.05) is 28.1 Å². The number of hydrogen-bond acceptors (Lipinski definition) is 2. The van der Waals surface area contributed by atoms with Gasteiger partial charge in [0.2, 0.25) is 0 Å². The average molecular weight is 286 g/mol. The van der Waals surface area contributed by atoms with Crippen molar-refractivity contribution in [3.63, 3.8) is 0 Å². The molecule has 1 unspecified atom stereocenters. The molecule has 0 spiro atoms. The van der Waals surface area contributed by atoms with Crippen molar-refractivity contribution in [2.45, 2.75) is 31.9 Å². The lowest BCUT2D eigenvalue weighted by Gasteiger charge is -2.33. The van der Waals surface area contributed by atoms with E-state index in [0.717, 1.165) is 10.9 Å². The number of likely N-dealkylation sites (N-methyl/N-ethyl adjacent to an activating group) is 1. The molecule has 0 fully saturated rings. The van der Waals surface area contributed by atoms with E-state index in [9.17, 15) is 0 Å². The van der Waals surface area contributed by atoms with Crippen LogP contribution in [0, 0.1) is 0 Å². The van der Waals surface area contributed by atoms with Gasteiger partial charge < -0.3 is 10.1 Å². The summed E-state index contributed by atoms with van der Waals surface area (Å²) in [5.41, 5.74) is 1.13. The fourth-order valence-corrected chi connectivity index (χ4v) is 2.18. The Balaban J connectivity index is 2.78. The van der Waals surface area contributed by atoms with Crippen molar-refractivity contribution in [2.75, 3.05) is 14.2 Å². The van der Waals surface area contributed by atoms with Crippen LogP contribution < -0.4 is 5.32 Å². The number of halogens is 1. The molecule has 0 aliphatic rings. The molecule has 1 aromatic carbocycles. The second-order valence-corrected chi connectivity index (χ2v) is 5.40. The minimum absolute atomic E-state index is 0.170. The Morgan fingerprint density at radius 1 is 1.44 bits per heavy atom. The van der Waals surface area contributed by atoms with E-state index < -0.39 is 0 Å². The van der Waals surface area contributed by atoms with Gasteiger partial charge >= 0.3 is 0 Å². The van der Waals surface area contributed by atoms with Crippen LogP contribution in [0.15, 0.2) is 28.7 Å². The first-order valence-corrected chi connectivity index (χ1v) is 6.25. The molecule has 0 saturated carbocycles. The lowest BCUT2D eigenvalue weighted by molar-refractivity contribution is -0.00797. The summed E-state index contributed by atoms with van der Waals surface area (Å²) >= 11 is 3.49. The number of benzene rings is 1. The first-order valence-electron chi connectivity index (χ1n) is 5.46. The Bertz CT molecular complexity index is 338. The molecule has 1 atom stereocenters. The second-order valence-electron chi connectivity index (χ2n) is 4.48. The summed E-state index contributed by atoms with van der Waals surface area (Å²) in [6.07, 6.45) is 0.955. The lowest BCUT2D eigenvalue weighted by Crippen LogP contribution is -2.48. The highest BCUT2D eigenvalue weighted by Crippen LogP contribution is 2.19. The zero-order valence-electron chi connectivity index (χ0n) is 10.4. The van der Waals surface area contributed by atoms with E-state index in [1.165, 1.54) is 5.56 Å². The van der Waals surface area contributed by atoms with Crippen molar-refractivity contribution < 1.29 is 4.74 Å². The number of nitrogens with one attached hydrogen (secondary N) is 1. The Morgan fingerprint density at radius 3 is 2.62 bits per heavy atom. The third kappa shape index (κ3) is 3.58. The van der Waals surface area contributed by atoms with Gasteiger partial charge in [-0.3, -0.25) is 0 Å². The molecule has 1 rings (SSSR count). The summed E-state index contributed by atoms with van der Waals surface area (Å²) in [4.78, 5) is 0. The van der Waals surface area contributed by atoms with Gasteiger partial charge in [0.15, 0.2) is 0 Å². The molecule has 2 nitrogen and oxygen atoms in total. The quantitative estimate of drug-likeness (QED) is 0.898. The number of rotatable bonds is 5. The van der Waals surface area contributed by atoms with Gasteiger partial charge in [0.1, 0.15) is 0 Å². The molecule has 0 aromatic heterocycles. The SMILES string of the molecule is CNC(Cc1cccc(Br)c1)C(C)(C)OC. The molecule has 16 heavy (non-hydrogen) atoms. The molecule has 1 aromatic rings. The van der Waals surface area contributed by atoms with E-state index in [1.54, 1.807) is 7.11 Å². The predicted octanol–water partition coefficient (Wildman–Crippen LogP) is 3.00. The molecule has 1 N–H and O–H groups in total. The van der Waals surface area contributed by atoms with Gasteiger partial charge in [0.05, 0.1) is 5.60 Å². The molecule has 0 bridgehead atoms. The molecular formula is C13H20BrNO. The third-order valence-electron chi connectivity index (χ3n) is 3.04. The zero-order valence-corrected chi connectivity index (χ0v) is 12.0. The highest BCUT2D eigenvalue weighted by molar-refractivity contribution is 9.10. The largest absolute Gasteiger partial charge is 0.377 e. The van der Waals surface area contributed by atoms with Crippen LogP contribution in [-0.4, -0.2) is 25.8 Å². The van der Waals surface area contributed by atoms with Crippen LogP contribution in [0.1, 0.15) is 19.4 Å². The Morgan fingerprint density at radius 2 is 2.12 bits per heavy atom. The fourth-order valence-electron chi connectivity index (χ4n) is 1.74. The maximum Gasteiger partial charge on any atom is 0.0778 e. The molecule has 0 aliphatic carbocycles. The second kappa shape index (κ2) is 5.80. The smallest absolute Gasteiger partial charge is 0.0778 e. The van der Waals surface area contributed by atoms with Gasteiger partial charge in [0.25, 0.3) is 0 Å². The van der Waals surface area contributed by atoms with Crippen molar-refractivity contribution >= 4 is 15.9 Å². The van der Waals surface area contributed by atoms with Crippen LogP contribution in [-0.2, 0) is 11.2 Å². The third-order valence-corrected chi connectivity index (χ3v) is 3.54. The molecule has 0 saturated heterocycles. The normalized spacial score (nSPS) is 13.8. The molecule has 0 heterocycles. The number of methoxy groups -OCH3 is 1. The van der Waals surface area contributed by atoms with Gasteiger partial charge in [-0.05, 0) is 45.0 Å². The van der Waals surface area contributed by atoms with Gasteiger partial charge in [-0.2, -0.15) is 0 Å². The summed E-state index contributed by atoms with van der Waals surface area (Å²) in [5, 5.41) is 3.32. The topological polar surface area (TPSA) is 21.3 Å². The summed E-state index contributed by atoms with van der Waals surface area (Å²) in [6.45, 7) is 4.21. The molecule has 0 amide bonds. The minimum atomic E-state index is -0.170. The fraction of sp³-hybridized carbons (Fsp3) is 0.538. The van der Waals surface area contributed by atoms with E-state index in [2.05, 4.69) is 53.3 Å². The molecule has 3 heteroatoms. The Kier molecular flexibility index (Phi) is 4.96. The van der Waals surface area contributed by atoms with E-state index in [-0.39, 0.29) is 5.60 Å². The van der Waals surface area contributed by atoms with Crippen LogP contribution >= 0.6 is 15.9 Å². The highest BCUT2D eigenvalue weighted by atomic mass is 79.9. The van der Waals surface area contributed by atoms with Gasteiger partial charge in [0, 0.05) is 17.6 Å². The van der Waals surface area contributed by atoms with Gasteiger partial charge in [-0.25, -0.2) is 0 Å². The van der Waals surface area contributed by atoms with Crippen molar-refractivity contribution in [2.24, 2.45) is 0 Å². The van der Waals surface area contributed by atoms with E-state index in [4.69, 9.17) is 4.74 Å². The maximum absolute atomic E-state index is 5.52. The molecule has 0 aliphatic heterocycles. The molecule has 90 valence electrons. The lowest BCUT2D eigenvalue weighted by atomic mass is 9.92. The average Bonchev–Trinajstić information content (AvgIpc) is 2.25.